The van der Waals surface area contributed by atoms with Gasteiger partial charge in [-0.25, -0.2) is 0 Å². The molecule has 0 saturated carbocycles. The monoisotopic (exact) mass is 454 g/mol. The summed E-state index contributed by atoms with van der Waals surface area (Å²) in [4.78, 5) is 18.3. The average Bonchev–Trinajstić information content (AvgIpc) is 2.82. The van der Waals surface area contributed by atoms with E-state index in [9.17, 15) is 13.2 Å². The van der Waals surface area contributed by atoms with Crippen molar-refractivity contribution in [3.8, 4) is 11.5 Å². The molecule has 32 heavy (non-hydrogen) atoms. The molecule has 0 bridgehead atoms. The van der Waals surface area contributed by atoms with Gasteiger partial charge in [-0.05, 0) is 48.9 Å². The summed E-state index contributed by atoms with van der Waals surface area (Å²) >= 11 is 0. The summed E-state index contributed by atoms with van der Waals surface area (Å²) < 4.78 is 35.8. The van der Waals surface area contributed by atoms with Gasteiger partial charge in [-0.15, -0.1) is 0 Å². The fourth-order valence-electron chi connectivity index (χ4n) is 2.76. The molecule has 3 rings (SSSR count). The van der Waals surface area contributed by atoms with Gasteiger partial charge in [0.15, 0.2) is 0 Å². The van der Waals surface area contributed by atoms with Gasteiger partial charge in [0.1, 0.15) is 16.4 Å². The van der Waals surface area contributed by atoms with Gasteiger partial charge in [-0.1, -0.05) is 12.1 Å². The molecule has 0 aliphatic carbocycles. The molecule has 0 saturated heterocycles. The first kappa shape index (κ1) is 22.8. The molecular formula is C22H22N4O5S. The number of rotatable bonds is 8. The Morgan fingerprint density at radius 2 is 1.72 bits per heavy atom. The van der Waals surface area contributed by atoms with Crippen molar-refractivity contribution in [2.45, 2.75) is 11.8 Å². The van der Waals surface area contributed by atoms with Crippen molar-refractivity contribution in [1.82, 2.24) is 9.82 Å². The lowest BCUT2D eigenvalue weighted by atomic mass is 10.1. The van der Waals surface area contributed by atoms with Gasteiger partial charge in [0.2, 0.25) is 0 Å². The van der Waals surface area contributed by atoms with E-state index in [1.165, 1.54) is 38.7 Å². The molecule has 2 N–H and O–H groups in total. The number of nitrogens with one attached hydrogen (secondary N) is 2. The predicted molar refractivity (Wildman–Crippen MR) is 121 cm³/mol. The van der Waals surface area contributed by atoms with Crippen LogP contribution in [0.5, 0.6) is 11.5 Å². The molecule has 2 aromatic carbocycles. The normalized spacial score (nSPS) is 11.5. The number of ether oxygens (including phenoxy) is 2. The van der Waals surface area contributed by atoms with Crippen molar-refractivity contribution < 1.29 is 22.7 Å². The number of anilines is 1. The number of nitrogens with zero attached hydrogens (tertiary/aromatic N) is 2. The van der Waals surface area contributed by atoms with Crippen molar-refractivity contribution in [1.29, 1.82) is 0 Å². The third kappa shape index (κ3) is 5.41. The van der Waals surface area contributed by atoms with Crippen LogP contribution >= 0.6 is 0 Å². The number of hydrogen-bond acceptors (Lipinski definition) is 7. The highest BCUT2D eigenvalue weighted by Crippen LogP contribution is 2.28. The number of carbonyl (C=O) groups is 1. The van der Waals surface area contributed by atoms with Crippen LogP contribution in [0.4, 0.5) is 5.69 Å². The largest absolute Gasteiger partial charge is 0.497 e. The van der Waals surface area contributed by atoms with E-state index in [1.54, 1.807) is 49.4 Å². The van der Waals surface area contributed by atoms with Gasteiger partial charge >= 0.3 is 0 Å². The standard InChI is InChI=1S/C22H22N4O5S/c1-15(25-26-32(28,29)21-14-19(30-2)7-8-20(21)31-3)17-5-4-6-18(13-17)24-22(27)16-9-11-23-12-10-16/h4-14,26H,1-3H3,(H,24,27). The van der Waals surface area contributed by atoms with Crippen LogP contribution < -0.4 is 19.6 Å². The number of carbonyl (C=O) groups excluding carboxylic acids is 1. The van der Waals surface area contributed by atoms with E-state index in [-0.39, 0.29) is 16.6 Å². The van der Waals surface area contributed by atoms with E-state index in [1.807, 2.05) is 0 Å². The molecule has 1 amide bonds. The number of sulfonamides is 1. The molecule has 1 heterocycles. The van der Waals surface area contributed by atoms with Crippen molar-refractivity contribution >= 4 is 27.3 Å². The highest BCUT2D eigenvalue weighted by molar-refractivity contribution is 7.89. The third-order valence-corrected chi connectivity index (χ3v) is 5.70. The number of amides is 1. The molecule has 10 heteroatoms. The topological polar surface area (TPSA) is 119 Å². The molecular weight excluding hydrogens is 432 g/mol. The molecule has 0 unspecified atom stereocenters. The van der Waals surface area contributed by atoms with Gasteiger partial charge in [-0.2, -0.15) is 18.4 Å². The molecule has 0 radical (unpaired) electrons. The summed E-state index contributed by atoms with van der Waals surface area (Å²) in [6, 6.07) is 14.6. The molecule has 3 aromatic rings. The van der Waals surface area contributed by atoms with E-state index in [0.29, 0.717) is 28.3 Å². The maximum Gasteiger partial charge on any atom is 0.280 e. The Morgan fingerprint density at radius 1 is 0.969 bits per heavy atom. The Balaban J connectivity index is 1.79. The zero-order chi connectivity index (χ0) is 23.1. The Morgan fingerprint density at radius 3 is 2.41 bits per heavy atom. The molecule has 0 aliphatic rings. The zero-order valence-electron chi connectivity index (χ0n) is 17.7. The van der Waals surface area contributed by atoms with Crippen molar-refractivity contribution in [2.75, 3.05) is 19.5 Å². The number of pyridine rings is 1. The van der Waals surface area contributed by atoms with Gasteiger partial charge in [0, 0.05) is 29.7 Å². The Bertz CT molecular complexity index is 1240. The molecule has 166 valence electrons. The summed E-state index contributed by atoms with van der Waals surface area (Å²) in [5, 5.41) is 6.80. The van der Waals surface area contributed by atoms with E-state index in [0.717, 1.165) is 0 Å². The van der Waals surface area contributed by atoms with Crippen LogP contribution in [0.1, 0.15) is 22.8 Å². The van der Waals surface area contributed by atoms with E-state index < -0.39 is 10.0 Å². The fourth-order valence-corrected chi connectivity index (χ4v) is 3.81. The second-order valence-corrected chi connectivity index (χ2v) is 8.21. The minimum atomic E-state index is -4.02. The summed E-state index contributed by atoms with van der Waals surface area (Å²) in [7, 11) is -1.21. The molecule has 1 aromatic heterocycles. The van der Waals surface area contributed by atoms with Crippen molar-refractivity contribution in [3.63, 3.8) is 0 Å². The molecule has 0 atom stereocenters. The predicted octanol–water partition coefficient (Wildman–Crippen LogP) is 3.05. The summed E-state index contributed by atoms with van der Waals surface area (Å²) in [5.74, 6) is 0.237. The van der Waals surface area contributed by atoms with Crippen molar-refractivity contribution in [2.24, 2.45) is 5.10 Å². The van der Waals surface area contributed by atoms with Crippen LogP contribution in [-0.4, -0.2) is 39.2 Å². The third-order valence-electron chi connectivity index (χ3n) is 4.47. The van der Waals surface area contributed by atoms with Crippen LogP contribution in [0.25, 0.3) is 0 Å². The van der Waals surface area contributed by atoms with Gasteiger partial charge < -0.3 is 14.8 Å². The SMILES string of the molecule is COc1ccc(OC)c(S(=O)(=O)NN=C(C)c2cccc(NC(=O)c3ccncc3)c2)c1. The lowest BCUT2D eigenvalue weighted by molar-refractivity contribution is 0.102. The quantitative estimate of drug-likeness (QED) is 0.399. The minimum Gasteiger partial charge on any atom is -0.497 e. The highest BCUT2D eigenvalue weighted by atomic mass is 32.2. The molecule has 0 aliphatic heterocycles. The van der Waals surface area contributed by atoms with E-state index in [2.05, 4.69) is 20.2 Å². The summed E-state index contributed by atoms with van der Waals surface area (Å²) in [5.41, 5.74) is 2.03. The fraction of sp³-hybridized carbons (Fsp3) is 0.136. The number of hydrazone groups is 1. The summed E-state index contributed by atoms with van der Waals surface area (Å²) in [6.45, 7) is 1.65. The van der Waals surface area contributed by atoms with Gasteiger partial charge in [0.25, 0.3) is 15.9 Å². The number of benzene rings is 2. The van der Waals surface area contributed by atoms with Gasteiger partial charge in [0.05, 0.1) is 19.9 Å². The molecule has 0 fully saturated rings. The van der Waals surface area contributed by atoms with Crippen LogP contribution in [0.15, 0.2) is 77.0 Å². The lowest BCUT2D eigenvalue weighted by Gasteiger charge is -2.11. The maximum absolute atomic E-state index is 12.8. The van der Waals surface area contributed by atoms with E-state index in [4.69, 9.17) is 9.47 Å². The zero-order valence-corrected chi connectivity index (χ0v) is 18.5. The first-order chi connectivity index (χ1) is 15.3. The van der Waals surface area contributed by atoms with Crippen LogP contribution in [0.2, 0.25) is 0 Å². The highest BCUT2D eigenvalue weighted by Gasteiger charge is 2.20. The van der Waals surface area contributed by atoms with Crippen LogP contribution in [-0.2, 0) is 10.0 Å². The van der Waals surface area contributed by atoms with Crippen LogP contribution in [0, 0.1) is 0 Å². The maximum atomic E-state index is 12.8. The Kier molecular flexibility index (Phi) is 7.06. The van der Waals surface area contributed by atoms with Gasteiger partial charge in [-0.3, -0.25) is 9.78 Å². The Labute approximate surface area is 186 Å². The number of methoxy groups -OCH3 is 2. The minimum absolute atomic E-state index is 0.103. The second-order valence-electron chi connectivity index (χ2n) is 6.58. The lowest BCUT2D eigenvalue weighted by Crippen LogP contribution is -2.21. The van der Waals surface area contributed by atoms with E-state index >= 15 is 0 Å². The molecule has 9 nitrogen and oxygen atoms in total. The summed E-state index contributed by atoms with van der Waals surface area (Å²) in [6.07, 6.45) is 3.07. The first-order valence-corrected chi connectivity index (χ1v) is 10.9. The smallest absolute Gasteiger partial charge is 0.280 e. The first-order valence-electron chi connectivity index (χ1n) is 9.44. The second kappa shape index (κ2) is 9.92. The number of hydrogen-bond donors (Lipinski definition) is 2. The van der Waals surface area contributed by atoms with Crippen molar-refractivity contribution in [3.05, 3.63) is 78.1 Å². The Hall–Kier alpha value is -3.92. The van der Waals surface area contributed by atoms with Crippen LogP contribution in [0.3, 0.4) is 0 Å². The number of aromatic nitrogens is 1. The average molecular weight is 455 g/mol. The molecule has 0 spiro atoms.